The zero-order chi connectivity index (χ0) is 35.2. The summed E-state index contributed by atoms with van der Waals surface area (Å²) in [5.41, 5.74) is 10.5. The molecule has 3 aromatic rings. The highest BCUT2D eigenvalue weighted by Gasteiger charge is 2.83. The van der Waals surface area contributed by atoms with Gasteiger partial charge in [-0.15, -0.1) is 11.3 Å². The summed E-state index contributed by atoms with van der Waals surface area (Å²) in [4.78, 5) is 75.2. The van der Waals surface area contributed by atoms with E-state index in [1.807, 2.05) is 37.3 Å². The van der Waals surface area contributed by atoms with Crippen molar-refractivity contribution in [1.82, 2.24) is 9.88 Å². The molecule has 0 spiro atoms. The van der Waals surface area contributed by atoms with E-state index < -0.39 is 86.9 Å². The van der Waals surface area contributed by atoms with E-state index in [0.717, 1.165) is 15.3 Å². The van der Waals surface area contributed by atoms with Crippen molar-refractivity contribution in [1.29, 1.82) is 5.26 Å². The molecule has 1 amide bonds. The molecular formula is C32H31N7O8S. The van der Waals surface area contributed by atoms with Crippen LogP contribution in [0.25, 0.3) is 11.3 Å². The van der Waals surface area contributed by atoms with E-state index >= 15 is 0 Å². The quantitative estimate of drug-likeness (QED) is 0.132. The van der Waals surface area contributed by atoms with Crippen LogP contribution in [0.1, 0.15) is 26.9 Å². The number of phenolic OH excluding ortho intramolecular Hbond substituents is 1. The number of nitrogens with two attached hydrogens (primary N) is 3. The lowest BCUT2D eigenvalue weighted by Crippen LogP contribution is -2.91. The second-order valence-electron chi connectivity index (χ2n) is 12.6. The van der Waals surface area contributed by atoms with Crippen LogP contribution >= 0.6 is 11.3 Å². The first kappa shape index (κ1) is 33.0. The highest BCUT2D eigenvalue weighted by Crippen LogP contribution is 2.59. The summed E-state index contributed by atoms with van der Waals surface area (Å²) in [7, 11) is 2.58. The third-order valence-corrected chi connectivity index (χ3v) is 10.8. The van der Waals surface area contributed by atoms with Crippen LogP contribution in [0.4, 0.5) is 10.8 Å². The lowest BCUT2D eigenvalue weighted by molar-refractivity contribution is -0.188. The summed E-state index contributed by atoms with van der Waals surface area (Å²) in [5.74, 6) is -12.4. The third-order valence-electron chi connectivity index (χ3n) is 9.89. The number of benzene rings is 2. The van der Waals surface area contributed by atoms with Gasteiger partial charge in [0.25, 0.3) is 0 Å². The van der Waals surface area contributed by atoms with Crippen molar-refractivity contribution in [2.75, 3.05) is 19.4 Å². The molecule has 3 aliphatic rings. The second-order valence-corrected chi connectivity index (χ2v) is 13.8. The van der Waals surface area contributed by atoms with Crippen LogP contribution in [0.5, 0.6) is 5.75 Å². The van der Waals surface area contributed by atoms with Crippen LogP contribution < -0.4 is 22.5 Å². The van der Waals surface area contributed by atoms with Crippen LogP contribution in [0.3, 0.4) is 0 Å². The fraction of sp³-hybridized carbons (Fsp3) is 0.344. The average Bonchev–Trinajstić information content (AvgIpc) is 3.39. The first-order valence-corrected chi connectivity index (χ1v) is 15.5. The molecule has 2 fully saturated rings. The molecule has 2 aromatic carbocycles. The second kappa shape index (κ2) is 10.8. The molecule has 16 heteroatoms. The van der Waals surface area contributed by atoms with Crippen molar-refractivity contribution in [3.8, 4) is 23.1 Å². The van der Waals surface area contributed by atoms with E-state index in [1.54, 1.807) is 0 Å². The lowest BCUT2D eigenvalue weighted by Gasteiger charge is -2.63. The number of aryl methyl sites for hydroxylation is 1. The number of aromatic hydroxyl groups is 1. The molecule has 2 saturated carbocycles. The highest BCUT2D eigenvalue weighted by atomic mass is 32.1. The van der Waals surface area contributed by atoms with E-state index in [4.69, 9.17) is 17.2 Å². The standard InChI is InChI=1S/C32H31N7O8S/c1-12-19(13-7-5-4-6-8-13)38-29(48-12)37-15-10-9-14-16(20(15)40)21(41)18-26(45)30(11-33)25(44)17(27(34)46)22(42)23(39(2)3)32(30,36)28(47)31(18,35)24(14)43/h4-10,17-18,23-24,28,40,43,47H,35-36H2,1-3H3,(H2,34,46)(H,37,38)/t17?,18?,23-,24+,28+,30+,31-,32+/m1/s1. The number of nitriles is 1. The van der Waals surface area contributed by atoms with Gasteiger partial charge in [-0.2, -0.15) is 5.26 Å². The van der Waals surface area contributed by atoms with Crippen molar-refractivity contribution >= 4 is 51.2 Å². The largest absolute Gasteiger partial charge is 0.505 e. The molecule has 0 radical (unpaired) electrons. The van der Waals surface area contributed by atoms with E-state index in [1.165, 1.54) is 43.6 Å². The minimum Gasteiger partial charge on any atom is -0.505 e. The summed E-state index contributed by atoms with van der Waals surface area (Å²) in [6, 6.07) is 11.5. The number of fused-ring (bicyclic) bond motifs is 3. The van der Waals surface area contributed by atoms with Gasteiger partial charge < -0.3 is 37.8 Å². The average molecular weight is 674 g/mol. The number of thiazole rings is 1. The van der Waals surface area contributed by atoms with Gasteiger partial charge in [0.1, 0.15) is 17.8 Å². The van der Waals surface area contributed by atoms with Gasteiger partial charge in [0.2, 0.25) is 5.91 Å². The highest BCUT2D eigenvalue weighted by molar-refractivity contribution is 7.16. The number of hydrogen-bond donors (Lipinski definition) is 7. The van der Waals surface area contributed by atoms with Crippen LogP contribution in [0, 0.1) is 35.5 Å². The fourth-order valence-electron chi connectivity index (χ4n) is 7.71. The molecule has 10 N–H and O–H groups in total. The number of carbonyl (C=O) groups is 5. The van der Waals surface area contributed by atoms with E-state index in [2.05, 4.69) is 10.3 Å². The number of aromatic nitrogens is 1. The van der Waals surface area contributed by atoms with E-state index in [0.29, 0.717) is 10.8 Å². The Kier molecular flexibility index (Phi) is 7.44. The number of likely N-dealkylation sites (N-methyl/N-ethyl adjacent to an activating group) is 1. The minimum absolute atomic E-state index is 0.0417. The summed E-state index contributed by atoms with van der Waals surface area (Å²) >= 11 is 1.26. The van der Waals surface area contributed by atoms with Gasteiger partial charge in [-0.25, -0.2) is 4.98 Å². The Morgan fingerprint density at radius 3 is 2.29 bits per heavy atom. The van der Waals surface area contributed by atoms with Gasteiger partial charge in [-0.05, 0) is 32.6 Å². The van der Waals surface area contributed by atoms with Gasteiger partial charge in [0, 0.05) is 10.4 Å². The number of primary amides is 1. The Hall–Kier alpha value is -4.89. The molecule has 2 unspecified atom stereocenters. The molecule has 248 valence electrons. The number of rotatable bonds is 5. The summed E-state index contributed by atoms with van der Waals surface area (Å²) in [6.45, 7) is 1.85. The Morgan fingerprint density at radius 1 is 1.06 bits per heavy atom. The molecule has 8 atom stereocenters. The molecule has 0 saturated heterocycles. The molecule has 15 nitrogen and oxygen atoms in total. The van der Waals surface area contributed by atoms with Crippen LogP contribution in [-0.4, -0.2) is 91.6 Å². The Morgan fingerprint density at radius 2 is 1.71 bits per heavy atom. The molecule has 0 bridgehead atoms. The zero-order valence-electron chi connectivity index (χ0n) is 25.8. The number of hydrogen-bond acceptors (Lipinski definition) is 15. The van der Waals surface area contributed by atoms with Gasteiger partial charge in [0.05, 0.1) is 46.2 Å². The van der Waals surface area contributed by atoms with Crippen molar-refractivity contribution in [3.05, 3.63) is 58.5 Å². The van der Waals surface area contributed by atoms with Gasteiger partial charge in [-0.3, -0.25) is 28.9 Å². The van der Waals surface area contributed by atoms with E-state index in [-0.39, 0.29) is 11.3 Å². The number of nitrogens with one attached hydrogen (secondary N) is 1. The van der Waals surface area contributed by atoms with Gasteiger partial charge in [-0.1, -0.05) is 36.4 Å². The monoisotopic (exact) mass is 673 g/mol. The molecule has 6 rings (SSSR count). The van der Waals surface area contributed by atoms with Crippen molar-refractivity contribution in [2.24, 2.45) is 34.5 Å². The van der Waals surface area contributed by atoms with Gasteiger partial charge >= 0.3 is 0 Å². The van der Waals surface area contributed by atoms with Crippen molar-refractivity contribution < 1.29 is 39.3 Å². The number of ketones is 4. The number of nitrogens with zero attached hydrogens (tertiary/aromatic N) is 3. The smallest absolute Gasteiger partial charge is 0.235 e. The predicted molar refractivity (Wildman–Crippen MR) is 170 cm³/mol. The maximum Gasteiger partial charge on any atom is 0.235 e. The number of amides is 1. The Bertz CT molecular complexity index is 1990. The number of Topliss-reactive ketones (excluding diaryl/α,β-unsaturated/α-hetero) is 4. The normalized spacial score (nSPS) is 32.7. The summed E-state index contributed by atoms with van der Waals surface area (Å²) < 4.78 is 0. The predicted octanol–water partition coefficient (Wildman–Crippen LogP) is -0.554. The third kappa shape index (κ3) is 3.91. The molecule has 1 heterocycles. The van der Waals surface area contributed by atoms with Crippen LogP contribution in [0.15, 0.2) is 42.5 Å². The van der Waals surface area contributed by atoms with Crippen LogP contribution in [0.2, 0.25) is 0 Å². The maximum absolute atomic E-state index is 14.6. The zero-order valence-corrected chi connectivity index (χ0v) is 26.6. The number of aliphatic hydroxyl groups is 2. The lowest BCUT2D eigenvalue weighted by atomic mass is 9.41. The van der Waals surface area contributed by atoms with Gasteiger partial charge in [0.15, 0.2) is 39.6 Å². The maximum atomic E-state index is 14.6. The minimum atomic E-state index is -3.20. The first-order valence-electron chi connectivity index (χ1n) is 14.6. The SMILES string of the molecule is Cc1sc(Nc2ccc3c(c2O)C(=O)C2C(=O)[C@]4(C#N)C(=O)C(C(N)=O)C(=O)[C@@H](N(C)C)[C@]4(N)[C@@H](O)[C@]2(N)[C@H]3O)nc1-c1ccccc1. The molecule has 0 aliphatic heterocycles. The number of phenols is 1. The molecular weight excluding hydrogens is 642 g/mol. The Balaban J connectivity index is 1.50. The topological polar surface area (TPSA) is 276 Å². The van der Waals surface area contributed by atoms with Crippen LogP contribution in [-0.2, 0) is 19.2 Å². The summed E-state index contributed by atoms with van der Waals surface area (Å²) in [6.07, 6.45) is -4.55. The number of aliphatic hydroxyl groups excluding tert-OH is 2. The molecule has 3 aliphatic carbocycles. The molecule has 1 aromatic heterocycles. The molecule has 48 heavy (non-hydrogen) atoms. The van der Waals surface area contributed by atoms with Crippen molar-refractivity contribution in [2.45, 2.75) is 36.3 Å². The number of anilines is 2. The summed E-state index contributed by atoms with van der Waals surface area (Å²) in [5, 5.41) is 48.9. The number of carbonyl (C=O) groups excluding carboxylic acids is 5. The van der Waals surface area contributed by atoms with Crippen molar-refractivity contribution in [3.63, 3.8) is 0 Å². The van der Waals surface area contributed by atoms with E-state index in [9.17, 15) is 44.6 Å². The Labute approximate surface area is 277 Å². The fourth-order valence-corrected chi connectivity index (χ4v) is 8.56. The first-order chi connectivity index (χ1) is 22.5.